The van der Waals surface area contributed by atoms with Crippen molar-refractivity contribution < 1.29 is 4.79 Å². The summed E-state index contributed by atoms with van der Waals surface area (Å²) in [5, 5.41) is 4.27. The van der Waals surface area contributed by atoms with Crippen LogP contribution in [0.15, 0.2) is 30.5 Å². The van der Waals surface area contributed by atoms with E-state index < -0.39 is 0 Å². The molecule has 1 aromatic heterocycles. The minimum atomic E-state index is -0.0209. The Balaban J connectivity index is 2.54. The maximum Gasteiger partial charge on any atom is 0.224 e. The number of nitrogens with one attached hydrogen (secondary N) is 1. The maximum atomic E-state index is 11.3. The van der Waals surface area contributed by atoms with Gasteiger partial charge in [-0.15, -0.1) is 0 Å². The first kappa shape index (κ1) is 10.9. The first-order chi connectivity index (χ1) is 7.72. The van der Waals surface area contributed by atoms with Crippen molar-refractivity contribution in [3.8, 4) is 0 Å². The predicted molar refractivity (Wildman–Crippen MR) is 65.7 cm³/mol. The Morgan fingerprint density at radius 1 is 1.44 bits per heavy atom. The van der Waals surface area contributed by atoms with Gasteiger partial charge in [0.2, 0.25) is 5.91 Å². The fourth-order valence-corrected chi connectivity index (χ4v) is 1.70. The van der Waals surface area contributed by atoms with E-state index in [9.17, 15) is 4.79 Å². The third-order valence-electron chi connectivity index (χ3n) is 2.32. The molecule has 2 aromatic rings. The van der Waals surface area contributed by atoms with Gasteiger partial charge in [0.15, 0.2) is 0 Å². The summed E-state index contributed by atoms with van der Waals surface area (Å²) in [7, 11) is 0. The first-order valence-electron chi connectivity index (χ1n) is 5.05. The smallest absolute Gasteiger partial charge is 0.224 e. The van der Waals surface area contributed by atoms with Gasteiger partial charge in [-0.05, 0) is 24.3 Å². The number of hydrogen-bond acceptors (Lipinski definition) is 2. The molecule has 1 heterocycles. The summed E-state index contributed by atoms with van der Waals surface area (Å²) in [6, 6.07) is 7.24. The van der Waals surface area contributed by atoms with Crippen molar-refractivity contribution in [3.05, 3.63) is 35.5 Å². The molecule has 0 aliphatic heterocycles. The molecule has 0 atom stereocenters. The molecule has 0 aliphatic rings. The van der Waals surface area contributed by atoms with Crippen molar-refractivity contribution in [3.63, 3.8) is 0 Å². The lowest BCUT2D eigenvalue weighted by Crippen LogP contribution is -2.09. The van der Waals surface area contributed by atoms with Gasteiger partial charge >= 0.3 is 0 Å². The number of halogens is 1. The van der Waals surface area contributed by atoms with Gasteiger partial charge in [-0.2, -0.15) is 0 Å². The van der Waals surface area contributed by atoms with E-state index in [1.807, 2.05) is 19.1 Å². The second kappa shape index (κ2) is 4.49. The predicted octanol–water partition coefficient (Wildman–Crippen LogP) is 3.24. The van der Waals surface area contributed by atoms with Gasteiger partial charge in [0, 0.05) is 18.0 Å². The zero-order valence-electron chi connectivity index (χ0n) is 8.83. The highest BCUT2D eigenvalue weighted by atomic mass is 35.5. The molecular formula is C12H11ClN2O. The summed E-state index contributed by atoms with van der Waals surface area (Å²) in [6.45, 7) is 1.81. The molecule has 0 saturated carbocycles. The SMILES string of the molecule is CCC(=O)Nc1ccc(Cl)c2ncccc12. The quantitative estimate of drug-likeness (QED) is 0.867. The summed E-state index contributed by atoms with van der Waals surface area (Å²) in [5.41, 5.74) is 1.46. The van der Waals surface area contributed by atoms with Crippen LogP contribution in [0.1, 0.15) is 13.3 Å². The van der Waals surface area contributed by atoms with Gasteiger partial charge in [0.1, 0.15) is 0 Å². The molecule has 82 valence electrons. The molecule has 4 heteroatoms. The Morgan fingerprint density at radius 3 is 3.00 bits per heavy atom. The average molecular weight is 235 g/mol. The van der Waals surface area contributed by atoms with E-state index >= 15 is 0 Å². The number of nitrogens with zero attached hydrogens (tertiary/aromatic N) is 1. The number of fused-ring (bicyclic) bond motifs is 1. The lowest BCUT2D eigenvalue weighted by molar-refractivity contribution is -0.115. The molecule has 1 aromatic carbocycles. The van der Waals surface area contributed by atoms with Crippen LogP contribution in [0.5, 0.6) is 0 Å². The van der Waals surface area contributed by atoms with Crippen LogP contribution in [0.25, 0.3) is 10.9 Å². The lowest BCUT2D eigenvalue weighted by Gasteiger charge is -2.08. The van der Waals surface area contributed by atoms with Crippen LogP contribution < -0.4 is 5.32 Å². The van der Waals surface area contributed by atoms with Gasteiger partial charge in [0.05, 0.1) is 16.2 Å². The number of hydrogen-bond donors (Lipinski definition) is 1. The minimum absolute atomic E-state index is 0.0209. The number of pyridine rings is 1. The standard InChI is InChI=1S/C12H11ClN2O/c1-2-11(16)15-10-6-5-9(13)12-8(10)4-3-7-14-12/h3-7H,2H2,1H3,(H,15,16). The zero-order chi connectivity index (χ0) is 11.5. The Hall–Kier alpha value is -1.61. The zero-order valence-corrected chi connectivity index (χ0v) is 9.58. The molecule has 0 fully saturated rings. The van der Waals surface area contributed by atoms with E-state index in [2.05, 4.69) is 10.3 Å². The lowest BCUT2D eigenvalue weighted by atomic mass is 10.2. The van der Waals surface area contributed by atoms with Gasteiger partial charge in [-0.25, -0.2) is 0 Å². The molecule has 0 saturated heterocycles. The minimum Gasteiger partial charge on any atom is -0.325 e. The second-order valence-electron chi connectivity index (χ2n) is 3.40. The van der Waals surface area contributed by atoms with Crippen molar-refractivity contribution in [2.24, 2.45) is 0 Å². The van der Waals surface area contributed by atoms with Crippen molar-refractivity contribution in [1.82, 2.24) is 4.98 Å². The van der Waals surface area contributed by atoms with Crippen LogP contribution in [0, 0.1) is 0 Å². The van der Waals surface area contributed by atoms with Crippen LogP contribution >= 0.6 is 11.6 Å². The van der Waals surface area contributed by atoms with Crippen molar-refractivity contribution in [1.29, 1.82) is 0 Å². The average Bonchev–Trinajstić information content (AvgIpc) is 2.33. The summed E-state index contributed by atoms with van der Waals surface area (Å²) >= 11 is 6.02. The van der Waals surface area contributed by atoms with Crippen LogP contribution in [0.2, 0.25) is 5.02 Å². The van der Waals surface area contributed by atoms with Gasteiger partial charge in [-0.1, -0.05) is 18.5 Å². The second-order valence-corrected chi connectivity index (χ2v) is 3.80. The number of carbonyl (C=O) groups excluding carboxylic acids is 1. The highest BCUT2D eigenvalue weighted by Gasteiger charge is 2.07. The monoisotopic (exact) mass is 234 g/mol. The molecule has 16 heavy (non-hydrogen) atoms. The van der Waals surface area contributed by atoms with Crippen molar-refractivity contribution in [2.75, 3.05) is 5.32 Å². The molecule has 0 radical (unpaired) electrons. The van der Waals surface area contributed by atoms with Gasteiger partial charge in [-0.3, -0.25) is 9.78 Å². The summed E-state index contributed by atoms with van der Waals surface area (Å²) in [4.78, 5) is 15.5. The normalized spacial score (nSPS) is 10.4. The molecule has 2 rings (SSSR count). The Morgan fingerprint density at radius 2 is 2.25 bits per heavy atom. The summed E-state index contributed by atoms with van der Waals surface area (Å²) in [6.07, 6.45) is 2.13. The third kappa shape index (κ3) is 1.99. The van der Waals surface area contributed by atoms with E-state index in [4.69, 9.17) is 11.6 Å². The number of anilines is 1. The largest absolute Gasteiger partial charge is 0.325 e. The van der Waals surface area contributed by atoms with Crippen molar-refractivity contribution >= 4 is 34.1 Å². The number of rotatable bonds is 2. The molecule has 0 spiro atoms. The van der Waals surface area contributed by atoms with Gasteiger partial charge in [0.25, 0.3) is 0 Å². The van der Waals surface area contributed by atoms with Crippen molar-refractivity contribution in [2.45, 2.75) is 13.3 Å². The molecule has 0 unspecified atom stereocenters. The fourth-order valence-electron chi connectivity index (χ4n) is 1.49. The molecule has 0 bridgehead atoms. The first-order valence-corrected chi connectivity index (χ1v) is 5.43. The number of carbonyl (C=O) groups is 1. The Bertz CT molecular complexity index is 540. The summed E-state index contributed by atoms with van der Waals surface area (Å²) in [5.74, 6) is -0.0209. The van der Waals surface area contributed by atoms with E-state index in [0.717, 1.165) is 11.1 Å². The maximum absolute atomic E-state index is 11.3. The molecule has 0 aliphatic carbocycles. The number of aromatic nitrogens is 1. The Kier molecular flexibility index (Phi) is 3.06. The number of benzene rings is 1. The van der Waals surface area contributed by atoms with E-state index in [-0.39, 0.29) is 5.91 Å². The van der Waals surface area contributed by atoms with Crippen LogP contribution in [-0.2, 0) is 4.79 Å². The molecule has 1 amide bonds. The summed E-state index contributed by atoms with van der Waals surface area (Å²) < 4.78 is 0. The highest BCUT2D eigenvalue weighted by Crippen LogP contribution is 2.27. The fraction of sp³-hybridized carbons (Fsp3) is 0.167. The topological polar surface area (TPSA) is 42.0 Å². The highest BCUT2D eigenvalue weighted by molar-refractivity contribution is 6.35. The van der Waals surface area contributed by atoms with Gasteiger partial charge < -0.3 is 5.32 Å². The number of amides is 1. The molecule has 3 nitrogen and oxygen atoms in total. The van der Waals surface area contributed by atoms with E-state index in [0.29, 0.717) is 17.0 Å². The van der Waals surface area contributed by atoms with E-state index in [1.54, 1.807) is 18.3 Å². The van der Waals surface area contributed by atoms with Crippen LogP contribution in [-0.4, -0.2) is 10.9 Å². The van der Waals surface area contributed by atoms with E-state index in [1.165, 1.54) is 0 Å². The van der Waals surface area contributed by atoms with Crippen LogP contribution in [0.3, 0.4) is 0 Å². The Labute approximate surface area is 98.4 Å². The van der Waals surface area contributed by atoms with Crippen LogP contribution in [0.4, 0.5) is 5.69 Å². The molecular weight excluding hydrogens is 224 g/mol. The molecule has 1 N–H and O–H groups in total. The third-order valence-corrected chi connectivity index (χ3v) is 2.62.